The van der Waals surface area contributed by atoms with Gasteiger partial charge in [-0.3, -0.25) is 0 Å². The molecule has 0 fully saturated rings. The summed E-state index contributed by atoms with van der Waals surface area (Å²) < 4.78 is 0. The molecule has 3 nitrogen and oxygen atoms in total. The molecular formula is C16H17N3. The molecule has 2 rings (SSSR count). The number of nitrogens with zero attached hydrogens (tertiary/aromatic N) is 2. The lowest BCUT2D eigenvalue weighted by Crippen LogP contribution is -2.19. The van der Waals surface area contributed by atoms with Crippen LogP contribution in [0.3, 0.4) is 0 Å². The van der Waals surface area contributed by atoms with Gasteiger partial charge in [-0.15, -0.1) is 0 Å². The van der Waals surface area contributed by atoms with Crippen LogP contribution in [0.15, 0.2) is 42.6 Å². The first-order chi connectivity index (χ1) is 9.22. The standard InChI is InChI=1S/C16H17N3/c1-12-6-3-4-8-15(12)13(2)19-11-14-7-5-9-18-16(14)10-17/h3-9,13,19H,11H2,1-2H3. The van der Waals surface area contributed by atoms with E-state index in [1.54, 1.807) is 6.20 Å². The van der Waals surface area contributed by atoms with Crippen LogP contribution in [0, 0.1) is 18.3 Å². The minimum Gasteiger partial charge on any atom is -0.306 e. The van der Waals surface area contributed by atoms with Gasteiger partial charge in [-0.2, -0.15) is 5.26 Å². The molecule has 0 spiro atoms. The minimum atomic E-state index is 0.243. The van der Waals surface area contributed by atoms with Crippen LogP contribution in [0.5, 0.6) is 0 Å². The molecule has 0 bridgehead atoms. The fraction of sp³-hybridized carbons (Fsp3) is 0.250. The molecule has 1 unspecified atom stereocenters. The SMILES string of the molecule is Cc1ccccc1C(C)NCc1cccnc1C#N. The number of aromatic nitrogens is 1. The average molecular weight is 251 g/mol. The molecule has 0 amide bonds. The van der Waals surface area contributed by atoms with Gasteiger partial charge in [0.15, 0.2) is 0 Å². The number of hydrogen-bond acceptors (Lipinski definition) is 3. The highest BCUT2D eigenvalue weighted by Gasteiger charge is 2.08. The van der Waals surface area contributed by atoms with Crippen LogP contribution in [0.2, 0.25) is 0 Å². The molecule has 1 aromatic carbocycles. The highest BCUT2D eigenvalue weighted by atomic mass is 14.9. The molecule has 1 heterocycles. The third kappa shape index (κ3) is 3.18. The summed E-state index contributed by atoms with van der Waals surface area (Å²) >= 11 is 0. The first-order valence-corrected chi connectivity index (χ1v) is 6.35. The van der Waals surface area contributed by atoms with Crippen LogP contribution in [0.1, 0.15) is 35.3 Å². The second-order valence-corrected chi connectivity index (χ2v) is 4.58. The van der Waals surface area contributed by atoms with E-state index >= 15 is 0 Å². The first kappa shape index (κ1) is 13.3. The topological polar surface area (TPSA) is 48.7 Å². The zero-order valence-corrected chi connectivity index (χ0v) is 11.2. The van der Waals surface area contributed by atoms with Crippen molar-refractivity contribution in [3.63, 3.8) is 0 Å². The van der Waals surface area contributed by atoms with Gasteiger partial charge in [-0.1, -0.05) is 30.3 Å². The monoisotopic (exact) mass is 251 g/mol. The van der Waals surface area contributed by atoms with Crippen LogP contribution in [0.25, 0.3) is 0 Å². The van der Waals surface area contributed by atoms with Crippen molar-refractivity contribution in [2.24, 2.45) is 0 Å². The van der Waals surface area contributed by atoms with Crippen LogP contribution in [0.4, 0.5) is 0 Å². The van der Waals surface area contributed by atoms with Crippen molar-refractivity contribution >= 4 is 0 Å². The van der Waals surface area contributed by atoms with E-state index in [9.17, 15) is 0 Å². The predicted octanol–water partition coefficient (Wildman–Crippen LogP) is 3.11. The second-order valence-electron chi connectivity index (χ2n) is 4.58. The lowest BCUT2D eigenvalue weighted by molar-refractivity contribution is 0.571. The molecule has 0 aliphatic carbocycles. The quantitative estimate of drug-likeness (QED) is 0.908. The zero-order valence-electron chi connectivity index (χ0n) is 11.2. The van der Waals surface area contributed by atoms with Crippen molar-refractivity contribution in [1.82, 2.24) is 10.3 Å². The summed E-state index contributed by atoms with van der Waals surface area (Å²) in [5.74, 6) is 0. The number of hydrogen-bond donors (Lipinski definition) is 1. The Morgan fingerprint density at radius 2 is 2.05 bits per heavy atom. The maximum atomic E-state index is 9.00. The van der Waals surface area contributed by atoms with Crippen molar-refractivity contribution < 1.29 is 0 Å². The van der Waals surface area contributed by atoms with Crippen LogP contribution in [-0.2, 0) is 6.54 Å². The number of aryl methyl sites for hydroxylation is 1. The number of nitriles is 1. The first-order valence-electron chi connectivity index (χ1n) is 6.35. The Morgan fingerprint density at radius 1 is 1.26 bits per heavy atom. The summed E-state index contributed by atoms with van der Waals surface area (Å²) in [6, 6.07) is 14.5. The van der Waals surface area contributed by atoms with E-state index in [0.717, 1.165) is 5.56 Å². The fourth-order valence-corrected chi connectivity index (χ4v) is 2.13. The molecule has 3 heteroatoms. The molecule has 19 heavy (non-hydrogen) atoms. The van der Waals surface area contributed by atoms with E-state index in [1.165, 1.54) is 11.1 Å². The van der Waals surface area contributed by atoms with Gasteiger partial charge >= 0.3 is 0 Å². The highest BCUT2D eigenvalue weighted by molar-refractivity contribution is 5.31. The molecular weight excluding hydrogens is 234 g/mol. The Labute approximate surface area is 113 Å². The molecule has 0 aliphatic heterocycles. The summed E-state index contributed by atoms with van der Waals surface area (Å²) in [7, 11) is 0. The molecule has 0 radical (unpaired) electrons. The predicted molar refractivity (Wildman–Crippen MR) is 75.4 cm³/mol. The summed E-state index contributed by atoms with van der Waals surface area (Å²) in [6.45, 7) is 4.88. The summed E-state index contributed by atoms with van der Waals surface area (Å²) in [5.41, 5.74) is 3.98. The Morgan fingerprint density at radius 3 is 2.79 bits per heavy atom. The summed E-state index contributed by atoms with van der Waals surface area (Å²) in [6.07, 6.45) is 1.65. The third-order valence-electron chi connectivity index (χ3n) is 3.25. The molecule has 0 aliphatic rings. The van der Waals surface area contributed by atoms with E-state index in [0.29, 0.717) is 12.2 Å². The van der Waals surface area contributed by atoms with E-state index < -0.39 is 0 Å². The summed E-state index contributed by atoms with van der Waals surface area (Å²) in [5, 5.41) is 12.4. The maximum Gasteiger partial charge on any atom is 0.144 e. The average Bonchev–Trinajstić information content (AvgIpc) is 2.45. The van der Waals surface area contributed by atoms with Crippen LogP contribution >= 0.6 is 0 Å². The molecule has 2 aromatic rings. The lowest BCUT2D eigenvalue weighted by atomic mass is 10.0. The van der Waals surface area contributed by atoms with Crippen molar-refractivity contribution in [2.75, 3.05) is 0 Å². The van der Waals surface area contributed by atoms with Crippen molar-refractivity contribution in [2.45, 2.75) is 26.4 Å². The minimum absolute atomic E-state index is 0.243. The third-order valence-corrected chi connectivity index (χ3v) is 3.25. The Kier molecular flexibility index (Phi) is 4.27. The van der Waals surface area contributed by atoms with E-state index in [1.807, 2.05) is 24.3 Å². The van der Waals surface area contributed by atoms with E-state index in [-0.39, 0.29) is 6.04 Å². The molecule has 1 N–H and O–H groups in total. The van der Waals surface area contributed by atoms with Gasteiger partial charge in [0.2, 0.25) is 0 Å². The van der Waals surface area contributed by atoms with Gasteiger partial charge in [0.1, 0.15) is 11.8 Å². The van der Waals surface area contributed by atoms with Gasteiger partial charge in [0, 0.05) is 24.3 Å². The second kappa shape index (κ2) is 6.12. The Bertz CT molecular complexity index is 599. The van der Waals surface area contributed by atoms with E-state index in [4.69, 9.17) is 5.26 Å². The van der Waals surface area contributed by atoms with Crippen molar-refractivity contribution in [1.29, 1.82) is 5.26 Å². The Balaban J connectivity index is 2.07. The van der Waals surface area contributed by atoms with Gasteiger partial charge < -0.3 is 5.32 Å². The molecule has 1 aromatic heterocycles. The van der Waals surface area contributed by atoms with E-state index in [2.05, 4.69) is 42.4 Å². The van der Waals surface area contributed by atoms with Crippen molar-refractivity contribution in [3.05, 3.63) is 65.0 Å². The normalized spacial score (nSPS) is 11.8. The largest absolute Gasteiger partial charge is 0.306 e. The number of rotatable bonds is 4. The van der Waals surface area contributed by atoms with Gasteiger partial charge in [0.05, 0.1) is 0 Å². The lowest BCUT2D eigenvalue weighted by Gasteiger charge is -2.16. The number of benzene rings is 1. The molecule has 0 saturated heterocycles. The summed E-state index contributed by atoms with van der Waals surface area (Å²) in [4.78, 5) is 4.06. The van der Waals surface area contributed by atoms with Gasteiger partial charge in [-0.25, -0.2) is 4.98 Å². The van der Waals surface area contributed by atoms with Crippen LogP contribution < -0.4 is 5.32 Å². The zero-order chi connectivity index (χ0) is 13.7. The number of nitrogens with one attached hydrogen (secondary N) is 1. The molecule has 96 valence electrons. The van der Waals surface area contributed by atoms with Crippen LogP contribution in [-0.4, -0.2) is 4.98 Å². The highest BCUT2D eigenvalue weighted by Crippen LogP contribution is 2.17. The smallest absolute Gasteiger partial charge is 0.144 e. The van der Waals surface area contributed by atoms with Gasteiger partial charge in [0.25, 0.3) is 0 Å². The van der Waals surface area contributed by atoms with Gasteiger partial charge in [-0.05, 0) is 31.0 Å². The fourth-order valence-electron chi connectivity index (χ4n) is 2.13. The van der Waals surface area contributed by atoms with Crippen molar-refractivity contribution in [3.8, 4) is 6.07 Å². The molecule has 0 saturated carbocycles. The Hall–Kier alpha value is -2.18. The molecule has 1 atom stereocenters. The number of pyridine rings is 1. The maximum absolute atomic E-state index is 9.00.